The number of halogens is 1. The zero-order valence-corrected chi connectivity index (χ0v) is 22.5. The Bertz CT molecular complexity index is 1380. The number of anilines is 1. The molecule has 9 nitrogen and oxygen atoms in total. The number of carbonyl (C=O) groups is 1. The number of nitrogens with one attached hydrogen (secondary N) is 2. The predicted octanol–water partition coefficient (Wildman–Crippen LogP) is 5.00. The van der Waals surface area contributed by atoms with Gasteiger partial charge in [0.05, 0.1) is 24.3 Å². The van der Waals surface area contributed by atoms with Crippen molar-refractivity contribution < 1.29 is 19.4 Å². The Morgan fingerprint density at radius 3 is 2.71 bits per heavy atom. The number of fused-ring (bicyclic) bond motifs is 1. The zero-order chi connectivity index (χ0) is 27.4. The van der Waals surface area contributed by atoms with Gasteiger partial charge in [-0.3, -0.25) is 4.79 Å². The van der Waals surface area contributed by atoms with Crippen LogP contribution < -0.4 is 25.8 Å². The molecule has 0 saturated heterocycles. The van der Waals surface area contributed by atoms with Crippen molar-refractivity contribution in [2.45, 2.75) is 45.6 Å². The number of hydrogen-bond acceptors (Lipinski definition) is 5. The van der Waals surface area contributed by atoms with E-state index in [1.54, 1.807) is 36.7 Å². The summed E-state index contributed by atoms with van der Waals surface area (Å²) in [5.41, 5.74) is 8.94. The molecular formula is C28H32ClN5O4. The van der Waals surface area contributed by atoms with Crippen LogP contribution in [-0.2, 0) is 0 Å². The second-order valence-electron chi connectivity index (χ2n) is 9.56. The average Bonchev–Trinajstić information content (AvgIpc) is 3.48. The highest BCUT2D eigenvalue weighted by Gasteiger charge is 2.31. The number of hydrogen-bond donors (Lipinski definition) is 4. The molecule has 2 aromatic carbocycles. The highest BCUT2D eigenvalue weighted by Crippen LogP contribution is 2.40. The van der Waals surface area contributed by atoms with Gasteiger partial charge in [0.2, 0.25) is 5.79 Å². The molecule has 4 rings (SSSR count). The van der Waals surface area contributed by atoms with Crippen LogP contribution in [0.25, 0.3) is 0 Å². The number of carbonyl (C=O) groups excluding carboxylic acids is 1. The van der Waals surface area contributed by atoms with Gasteiger partial charge in [-0.2, -0.15) is 0 Å². The number of rotatable bonds is 8. The van der Waals surface area contributed by atoms with Crippen molar-refractivity contribution in [3.05, 3.63) is 88.8 Å². The van der Waals surface area contributed by atoms with Crippen LogP contribution >= 0.6 is 11.6 Å². The maximum absolute atomic E-state index is 12.8. The minimum absolute atomic E-state index is 0.0811. The Labute approximate surface area is 226 Å². The first-order valence-electron chi connectivity index (χ1n) is 12.2. The van der Waals surface area contributed by atoms with E-state index in [1.165, 1.54) is 0 Å². The first kappa shape index (κ1) is 27.1. The number of ether oxygens (including phenoxy) is 2. The maximum atomic E-state index is 12.8. The highest BCUT2D eigenvalue weighted by atomic mass is 35.5. The summed E-state index contributed by atoms with van der Waals surface area (Å²) in [6.45, 7) is 7.37. The third-order valence-electron chi connectivity index (χ3n) is 6.16. The summed E-state index contributed by atoms with van der Waals surface area (Å²) in [6, 6.07) is 13.6. The van der Waals surface area contributed by atoms with Crippen LogP contribution in [0.2, 0.25) is 5.02 Å². The van der Waals surface area contributed by atoms with E-state index in [1.807, 2.05) is 62.7 Å². The molecule has 0 radical (unpaired) electrons. The lowest BCUT2D eigenvalue weighted by molar-refractivity contribution is -0.0431. The molecular weight excluding hydrogens is 506 g/mol. The van der Waals surface area contributed by atoms with Gasteiger partial charge in [0, 0.05) is 49.2 Å². The molecule has 0 fully saturated rings. The zero-order valence-electron chi connectivity index (χ0n) is 21.7. The molecule has 5 N–H and O–H groups in total. The molecule has 0 spiro atoms. The summed E-state index contributed by atoms with van der Waals surface area (Å²) in [4.78, 5) is 17.2. The third-order valence-corrected chi connectivity index (χ3v) is 6.39. The second-order valence-corrected chi connectivity index (χ2v) is 10.0. The Kier molecular flexibility index (Phi) is 7.99. The molecule has 0 aliphatic carbocycles. The number of guanidine groups is 1. The number of nitrogens with two attached hydrogens (primary N) is 1. The lowest BCUT2D eigenvalue weighted by Crippen LogP contribution is -2.30. The first-order chi connectivity index (χ1) is 18.0. The smallest absolute Gasteiger partial charge is 0.253 e. The topological polar surface area (TPSA) is 123 Å². The number of aliphatic hydroxyl groups excluding tert-OH is 1. The molecule has 0 bridgehead atoms. The van der Waals surface area contributed by atoms with E-state index in [0.29, 0.717) is 22.1 Å². The summed E-state index contributed by atoms with van der Waals surface area (Å²) in [6.07, 6.45) is 5.26. The van der Waals surface area contributed by atoms with Crippen LogP contribution in [0.1, 0.15) is 55.7 Å². The number of aliphatic imine (C=N–C) groups is 1. The fraction of sp³-hybridized carbons (Fsp3) is 0.286. The molecule has 1 amide bonds. The summed E-state index contributed by atoms with van der Waals surface area (Å²) < 4.78 is 13.4. The summed E-state index contributed by atoms with van der Waals surface area (Å²) >= 11 is 6.05. The molecule has 2 heterocycles. The van der Waals surface area contributed by atoms with E-state index < -0.39 is 11.8 Å². The third kappa shape index (κ3) is 6.48. The SMILES string of the molecule is C/C(=C/N=C(\N)Nc1ccc2c(c1)OC(C)(C)O2)C(C)n1ccc(C(=O)NC(CO)c2cccc(Cl)c2)c1. The van der Waals surface area contributed by atoms with Gasteiger partial charge in [0.15, 0.2) is 17.5 Å². The summed E-state index contributed by atoms with van der Waals surface area (Å²) in [7, 11) is 0. The number of aliphatic hydroxyl groups is 1. The molecule has 2 atom stereocenters. The van der Waals surface area contributed by atoms with Gasteiger partial charge in [-0.15, -0.1) is 0 Å². The molecule has 2 unspecified atom stereocenters. The van der Waals surface area contributed by atoms with Crippen molar-refractivity contribution in [2.24, 2.45) is 10.7 Å². The van der Waals surface area contributed by atoms with E-state index >= 15 is 0 Å². The van der Waals surface area contributed by atoms with E-state index in [2.05, 4.69) is 15.6 Å². The van der Waals surface area contributed by atoms with Crippen LogP contribution in [0.4, 0.5) is 5.69 Å². The van der Waals surface area contributed by atoms with Crippen molar-refractivity contribution in [1.29, 1.82) is 0 Å². The Balaban J connectivity index is 1.38. The highest BCUT2D eigenvalue weighted by molar-refractivity contribution is 6.30. The molecule has 38 heavy (non-hydrogen) atoms. The molecule has 200 valence electrons. The van der Waals surface area contributed by atoms with Crippen LogP contribution in [0.15, 0.2) is 77.7 Å². The number of allylic oxidation sites excluding steroid dienone is 1. The Morgan fingerprint density at radius 1 is 1.21 bits per heavy atom. The largest absolute Gasteiger partial charge is 0.449 e. The number of benzene rings is 2. The molecule has 3 aromatic rings. The first-order valence-corrected chi connectivity index (χ1v) is 12.6. The predicted molar refractivity (Wildman–Crippen MR) is 149 cm³/mol. The van der Waals surface area contributed by atoms with Crippen molar-refractivity contribution in [1.82, 2.24) is 9.88 Å². The lowest BCUT2D eigenvalue weighted by Gasteiger charge is -2.17. The molecule has 1 aromatic heterocycles. The Morgan fingerprint density at radius 2 is 1.97 bits per heavy atom. The number of aromatic nitrogens is 1. The number of nitrogens with zero attached hydrogens (tertiary/aromatic N) is 2. The van der Waals surface area contributed by atoms with Gasteiger partial charge >= 0.3 is 0 Å². The van der Waals surface area contributed by atoms with E-state index in [9.17, 15) is 9.90 Å². The maximum Gasteiger partial charge on any atom is 0.253 e. The van der Waals surface area contributed by atoms with Crippen molar-refractivity contribution in [3.63, 3.8) is 0 Å². The van der Waals surface area contributed by atoms with E-state index in [4.69, 9.17) is 26.8 Å². The Hall–Kier alpha value is -3.95. The number of amides is 1. The minimum atomic E-state index is -0.702. The fourth-order valence-corrected chi connectivity index (χ4v) is 4.18. The second kappa shape index (κ2) is 11.2. The summed E-state index contributed by atoms with van der Waals surface area (Å²) in [5, 5.41) is 16.2. The quantitative estimate of drug-likeness (QED) is 0.237. The van der Waals surface area contributed by atoms with Crippen LogP contribution in [0.5, 0.6) is 11.5 Å². The van der Waals surface area contributed by atoms with Gasteiger partial charge in [-0.1, -0.05) is 23.7 Å². The molecule has 1 aliphatic heterocycles. The minimum Gasteiger partial charge on any atom is -0.449 e. The summed E-state index contributed by atoms with van der Waals surface area (Å²) in [5.74, 6) is 0.537. The molecule has 0 saturated carbocycles. The lowest BCUT2D eigenvalue weighted by atomic mass is 10.1. The van der Waals surface area contributed by atoms with E-state index in [0.717, 1.165) is 16.8 Å². The van der Waals surface area contributed by atoms with E-state index in [-0.39, 0.29) is 24.5 Å². The fourth-order valence-electron chi connectivity index (χ4n) is 3.98. The normalized spacial score (nSPS) is 16.2. The van der Waals surface area contributed by atoms with Crippen LogP contribution in [0, 0.1) is 0 Å². The van der Waals surface area contributed by atoms with Crippen LogP contribution in [0.3, 0.4) is 0 Å². The van der Waals surface area contributed by atoms with Crippen LogP contribution in [-0.4, -0.2) is 33.9 Å². The molecule has 1 aliphatic rings. The standard InChI is InChI=1S/C28H32ClN5O4/c1-17(14-31-27(30)32-22-8-9-24-25(13-22)38-28(3,4)37-24)18(2)34-11-10-20(15-34)26(36)33-23(16-35)19-6-5-7-21(29)12-19/h5-15,18,23,35H,16H2,1-4H3,(H,33,36)(H3,30,31,32)/b17-14-. The van der Waals surface area contributed by atoms with Crippen molar-refractivity contribution in [2.75, 3.05) is 11.9 Å². The van der Waals surface area contributed by atoms with Gasteiger partial charge in [0.1, 0.15) is 0 Å². The van der Waals surface area contributed by atoms with Crippen molar-refractivity contribution >= 4 is 29.2 Å². The van der Waals surface area contributed by atoms with Gasteiger partial charge in [-0.05, 0) is 55.3 Å². The van der Waals surface area contributed by atoms with Gasteiger partial charge in [0.25, 0.3) is 5.91 Å². The monoisotopic (exact) mass is 537 g/mol. The van der Waals surface area contributed by atoms with Gasteiger partial charge in [-0.25, -0.2) is 4.99 Å². The molecule has 10 heteroatoms. The van der Waals surface area contributed by atoms with Crippen molar-refractivity contribution in [3.8, 4) is 11.5 Å². The average molecular weight is 538 g/mol. The van der Waals surface area contributed by atoms with Gasteiger partial charge < -0.3 is 35.5 Å².